The van der Waals surface area contributed by atoms with Gasteiger partial charge in [0.2, 0.25) is 0 Å². The molecule has 1 fully saturated rings. The van der Waals surface area contributed by atoms with Gasteiger partial charge in [-0.3, -0.25) is 9.35 Å². The maximum absolute atomic E-state index is 12.9. The van der Waals surface area contributed by atoms with Gasteiger partial charge in [0, 0.05) is 13.0 Å². The number of allylic oxidation sites excluding steroid dienone is 4. The lowest BCUT2D eigenvalue weighted by Gasteiger charge is -2.41. The highest BCUT2D eigenvalue weighted by Crippen LogP contribution is 2.26. The van der Waals surface area contributed by atoms with Crippen molar-refractivity contribution in [3.05, 3.63) is 24.3 Å². The molecule has 1 heterocycles. The number of esters is 1. The lowest BCUT2D eigenvalue weighted by atomic mass is 9.99. The van der Waals surface area contributed by atoms with Gasteiger partial charge in [-0.05, 0) is 44.9 Å². The van der Waals surface area contributed by atoms with Gasteiger partial charge in [0.15, 0.2) is 6.29 Å². The fourth-order valence-corrected chi connectivity index (χ4v) is 7.92. The molecule has 354 valence electrons. The smallest absolute Gasteiger partial charge is 0.397 e. The Bertz CT molecular complexity index is 1150. The van der Waals surface area contributed by atoms with Gasteiger partial charge in [0.1, 0.15) is 30.5 Å². The predicted octanol–water partition coefficient (Wildman–Crippen LogP) is 10.4. The van der Waals surface area contributed by atoms with Crippen LogP contribution in [0.2, 0.25) is 0 Å². The fraction of sp³-hybridized carbons (Fsp3) is 0.894. The zero-order chi connectivity index (χ0) is 43.9. The second-order valence-corrected chi connectivity index (χ2v) is 17.8. The van der Waals surface area contributed by atoms with E-state index in [2.05, 4.69) is 42.3 Å². The summed E-state index contributed by atoms with van der Waals surface area (Å²) in [5.74, 6) is -0.404. The monoisotopic (exact) mass is 877 g/mol. The van der Waals surface area contributed by atoms with Crippen molar-refractivity contribution in [1.82, 2.24) is 0 Å². The Morgan fingerprint density at radius 3 is 1.60 bits per heavy atom. The standard InChI is InChI=1S/C47H88O12S/c1-3-5-7-9-11-13-15-17-19-20-21-22-24-26-28-30-32-34-36-43(49)57-41(40-56-47-45(51)46(59-60(52,53)54)44(50)42(38-48)58-47)39-55-37-35-33-31-29-27-25-23-18-16-14-12-10-8-6-4-2/h13,15,19-20,41-42,44-48,50-51H,3-12,14,16-18,21-40H2,1-2H3,(H,52,53,54)/b15-13-,20-19-. The van der Waals surface area contributed by atoms with E-state index in [-0.39, 0.29) is 19.6 Å². The number of carbonyl (C=O) groups excluding carboxylic acids is 1. The van der Waals surface area contributed by atoms with Gasteiger partial charge in [-0.25, -0.2) is 4.18 Å². The molecule has 0 aromatic heterocycles. The lowest BCUT2D eigenvalue weighted by molar-refractivity contribution is -0.301. The van der Waals surface area contributed by atoms with Crippen LogP contribution in [0.3, 0.4) is 0 Å². The van der Waals surface area contributed by atoms with Crippen LogP contribution >= 0.6 is 0 Å². The molecular weight excluding hydrogens is 789 g/mol. The molecule has 1 saturated heterocycles. The third-order valence-electron chi connectivity index (χ3n) is 11.1. The first-order chi connectivity index (χ1) is 29.1. The quantitative estimate of drug-likeness (QED) is 0.0198. The van der Waals surface area contributed by atoms with E-state index in [9.17, 15) is 28.5 Å². The summed E-state index contributed by atoms with van der Waals surface area (Å²) in [5.41, 5.74) is 0. The highest BCUT2D eigenvalue weighted by molar-refractivity contribution is 7.80. The second-order valence-electron chi connectivity index (χ2n) is 16.7. The second kappa shape index (κ2) is 39.2. The third kappa shape index (κ3) is 32.3. The van der Waals surface area contributed by atoms with Crippen LogP contribution < -0.4 is 0 Å². The summed E-state index contributed by atoms with van der Waals surface area (Å²) < 4.78 is 59.1. The van der Waals surface area contributed by atoms with E-state index in [0.717, 1.165) is 51.4 Å². The molecule has 0 aromatic rings. The maximum atomic E-state index is 12.9. The van der Waals surface area contributed by atoms with E-state index in [1.165, 1.54) is 128 Å². The average molecular weight is 877 g/mol. The summed E-state index contributed by atoms with van der Waals surface area (Å²) in [6.07, 6.45) is 34.9. The van der Waals surface area contributed by atoms with Crippen LogP contribution in [0.1, 0.15) is 206 Å². The normalized spacial score (nSPS) is 20.4. The van der Waals surface area contributed by atoms with Crippen LogP contribution in [0, 0.1) is 0 Å². The number of hydrogen-bond acceptors (Lipinski definition) is 11. The highest BCUT2D eigenvalue weighted by Gasteiger charge is 2.48. The molecule has 0 amide bonds. The molecule has 0 spiro atoms. The Balaban J connectivity index is 2.40. The van der Waals surface area contributed by atoms with Crippen LogP contribution in [0.4, 0.5) is 0 Å². The third-order valence-corrected chi connectivity index (χ3v) is 11.5. The van der Waals surface area contributed by atoms with Gasteiger partial charge >= 0.3 is 16.4 Å². The van der Waals surface area contributed by atoms with Gasteiger partial charge in [0.05, 0.1) is 19.8 Å². The van der Waals surface area contributed by atoms with Crippen LogP contribution in [-0.2, 0) is 38.3 Å². The number of carbonyl (C=O) groups is 1. The minimum absolute atomic E-state index is 0.0369. The zero-order valence-corrected chi connectivity index (χ0v) is 38.6. The highest BCUT2D eigenvalue weighted by atomic mass is 32.3. The van der Waals surface area contributed by atoms with Crippen molar-refractivity contribution in [1.29, 1.82) is 0 Å². The molecule has 0 radical (unpaired) electrons. The predicted molar refractivity (Wildman–Crippen MR) is 239 cm³/mol. The Hall–Kier alpha value is -1.42. The number of unbranched alkanes of at least 4 members (excludes halogenated alkanes) is 25. The van der Waals surface area contributed by atoms with Crippen molar-refractivity contribution in [2.75, 3.05) is 26.4 Å². The summed E-state index contributed by atoms with van der Waals surface area (Å²) in [6.45, 7) is 3.99. The molecule has 1 aliphatic heterocycles. The van der Waals surface area contributed by atoms with Crippen LogP contribution in [-0.4, -0.2) is 97.5 Å². The Labute approximate surface area is 365 Å². The Morgan fingerprint density at radius 1 is 0.633 bits per heavy atom. The fourth-order valence-electron chi connectivity index (χ4n) is 7.41. The zero-order valence-electron chi connectivity index (χ0n) is 37.8. The Kier molecular flexibility index (Phi) is 37.0. The van der Waals surface area contributed by atoms with E-state index >= 15 is 0 Å². The van der Waals surface area contributed by atoms with E-state index in [0.29, 0.717) is 13.0 Å². The van der Waals surface area contributed by atoms with Gasteiger partial charge in [-0.15, -0.1) is 0 Å². The first-order valence-corrected chi connectivity index (χ1v) is 25.5. The van der Waals surface area contributed by atoms with E-state index in [4.69, 9.17) is 23.5 Å². The van der Waals surface area contributed by atoms with Crippen molar-refractivity contribution in [3.63, 3.8) is 0 Å². The molecule has 1 rings (SSSR count). The molecule has 0 saturated carbocycles. The minimum Gasteiger partial charge on any atom is -0.457 e. The molecule has 1 aliphatic rings. The number of ether oxygens (including phenoxy) is 4. The molecule has 6 atom stereocenters. The van der Waals surface area contributed by atoms with Crippen molar-refractivity contribution < 1.29 is 56.2 Å². The van der Waals surface area contributed by atoms with Crippen molar-refractivity contribution in [2.45, 2.75) is 243 Å². The summed E-state index contributed by atoms with van der Waals surface area (Å²) in [7, 11) is -5.06. The van der Waals surface area contributed by atoms with Crippen molar-refractivity contribution in [3.8, 4) is 0 Å². The molecule has 13 heteroatoms. The largest absolute Gasteiger partial charge is 0.457 e. The molecule has 0 aliphatic carbocycles. The van der Waals surface area contributed by atoms with E-state index in [1.54, 1.807) is 0 Å². The summed E-state index contributed by atoms with van der Waals surface area (Å²) >= 11 is 0. The van der Waals surface area contributed by atoms with Crippen molar-refractivity contribution >= 4 is 16.4 Å². The summed E-state index contributed by atoms with van der Waals surface area (Å²) in [6, 6.07) is 0. The topological polar surface area (TPSA) is 178 Å². The van der Waals surface area contributed by atoms with Crippen LogP contribution in [0.25, 0.3) is 0 Å². The van der Waals surface area contributed by atoms with Gasteiger partial charge in [-0.2, -0.15) is 8.42 Å². The minimum atomic E-state index is -5.06. The maximum Gasteiger partial charge on any atom is 0.397 e. The first-order valence-electron chi connectivity index (χ1n) is 24.1. The van der Waals surface area contributed by atoms with Gasteiger partial charge in [0.25, 0.3) is 0 Å². The van der Waals surface area contributed by atoms with Gasteiger partial charge < -0.3 is 34.3 Å². The molecule has 0 aromatic carbocycles. The average Bonchev–Trinajstić information content (AvgIpc) is 3.22. The molecule has 12 nitrogen and oxygen atoms in total. The number of aliphatic hydroxyl groups excluding tert-OH is 3. The summed E-state index contributed by atoms with van der Waals surface area (Å²) in [4.78, 5) is 12.9. The molecule has 4 N–H and O–H groups in total. The van der Waals surface area contributed by atoms with Crippen molar-refractivity contribution in [2.24, 2.45) is 0 Å². The number of hydrogen-bond donors (Lipinski definition) is 4. The van der Waals surface area contributed by atoms with E-state index < -0.39 is 59.8 Å². The first kappa shape index (κ1) is 56.6. The summed E-state index contributed by atoms with van der Waals surface area (Å²) in [5, 5.41) is 30.7. The van der Waals surface area contributed by atoms with Crippen LogP contribution in [0.5, 0.6) is 0 Å². The molecule has 60 heavy (non-hydrogen) atoms. The SMILES string of the molecule is CCCCCC/C=C\C/C=C\CCCCCCCCCC(=O)OC(COCCCCCCCCCCCCCCCCC)COC1OC(CO)C(O)C(OS(=O)(=O)O)C1O. The number of rotatable bonds is 42. The van der Waals surface area contributed by atoms with E-state index in [1.807, 2.05) is 0 Å². The van der Waals surface area contributed by atoms with Gasteiger partial charge in [-0.1, -0.05) is 179 Å². The molecule has 0 bridgehead atoms. The van der Waals surface area contributed by atoms with Crippen LogP contribution in [0.15, 0.2) is 24.3 Å². The lowest BCUT2D eigenvalue weighted by Crippen LogP contribution is -2.60. The molecular formula is C47H88O12S. The Morgan fingerprint density at radius 2 is 1.10 bits per heavy atom. The number of aliphatic hydroxyl groups is 3. The molecule has 6 unspecified atom stereocenters.